The van der Waals surface area contributed by atoms with Gasteiger partial charge in [0, 0.05) is 18.7 Å². The van der Waals surface area contributed by atoms with Crippen molar-refractivity contribution in [2.45, 2.75) is 20.0 Å². The molecule has 2 aromatic rings. The number of aryl methyl sites for hydroxylation is 1. The summed E-state index contributed by atoms with van der Waals surface area (Å²) >= 11 is 0. The number of hydrogen-bond donors (Lipinski definition) is 2. The lowest BCUT2D eigenvalue weighted by Crippen LogP contribution is -2.16. The number of nitrogens with zero attached hydrogens (tertiary/aromatic N) is 2. The number of amides is 1. The number of ether oxygens (including phenoxy) is 1. The van der Waals surface area contributed by atoms with Gasteiger partial charge in [0.25, 0.3) is 5.89 Å². The van der Waals surface area contributed by atoms with Crippen LogP contribution in [0.15, 0.2) is 28.8 Å². The second-order valence-corrected chi connectivity index (χ2v) is 4.14. The Morgan fingerprint density at radius 3 is 2.75 bits per heavy atom. The highest BCUT2D eigenvalue weighted by Crippen LogP contribution is 2.16. The summed E-state index contributed by atoms with van der Waals surface area (Å²) in [6.07, 6.45) is 0.300. The van der Waals surface area contributed by atoms with E-state index in [2.05, 4.69) is 15.5 Å². The minimum Gasteiger partial charge on any atom is -0.484 e. The van der Waals surface area contributed by atoms with E-state index >= 15 is 0 Å². The molecule has 0 aliphatic rings. The molecule has 1 aromatic carbocycles. The smallest absolute Gasteiger partial charge is 0.264 e. The molecule has 0 saturated heterocycles. The van der Waals surface area contributed by atoms with Crippen molar-refractivity contribution in [3.8, 4) is 5.75 Å². The molecule has 3 N–H and O–H groups in total. The molecule has 0 fully saturated rings. The van der Waals surface area contributed by atoms with Gasteiger partial charge in [-0.3, -0.25) is 4.79 Å². The number of aromatic nitrogens is 2. The highest BCUT2D eigenvalue weighted by atomic mass is 16.5. The first-order chi connectivity index (χ1) is 9.67. The minimum absolute atomic E-state index is 0.109. The molecule has 0 aliphatic heterocycles. The van der Waals surface area contributed by atoms with Gasteiger partial charge in [0.2, 0.25) is 5.91 Å². The minimum atomic E-state index is -0.109. The lowest BCUT2D eigenvalue weighted by Gasteiger charge is -2.06. The van der Waals surface area contributed by atoms with Crippen LogP contribution in [-0.4, -0.2) is 22.6 Å². The Balaban J connectivity index is 1.86. The molecule has 0 atom stereocenters. The van der Waals surface area contributed by atoms with Crippen LogP contribution in [0.3, 0.4) is 0 Å². The largest absolute Gasteiger partial charge is 0.484 e. The number of rotatable bonds is 6. The third-order valence-corrected chi connectivity index (χ3v) is 2.44. The zero-order valence-corrected chi connectivity index (χ0v) is 11.1. The van der Waals surface area contributed by atoms with Crippen molar-refractivity contribution < 1.29 is 14.1 Å². The summed E-state index contributed by atoms with van der Waals surface area (Å²) in [5.74, 6) is 1.53. The standard InChI is InChI=1S/C13H16N4O3/c1-9-15-13(20-17-9)8-19-11-4-2-10(3-5-11)16-12(18)6-7-14/h2-5H,6-8,14H2,1H3,(H,16,18). The molecule has 2 rings (SSSR count). The topological polar surface area (TPSA) is 103 Å². The van der Waals surface area contributed by atoms with Gasteiger partial charge in [-0.25, -0.2) is 0 Å². The highest BCUT2D eigenvalue weighted by Gasteiger charge is 2.04. The van der Waals surface area contributed by atoms with E-state index in [-0.39, 0.29) is 12.5 Å². The van der Waals surface area contributed by atoms with E-state index in [1.165, 1.54) is 0 Å². The zero-order valence-electron chi connectivity index (χ0n) is 11.1. The number of nitrogens with one attached hydrogen (secondary N) is 1. The van der Waals surface area contributed by atoms with Gasteiger partial charge in [-0.15, -0.1) is 0 Å². The van der Waals surface area contributed by atoms with E-state index < -0.39 is 0 Å². The second-order valence-electron chi connectivity index (χ2n) is 4.14. The molecule has 0 unspecified atom stereocenters. The van der Waals surface area contributed by atoms with Gasteiger partial charge in [-0.1, -0.05) is 5.16 Å². The van der Waals surface area contributed by atoms with Gasteiger partial charge in [0.05, 0.1) is 0 Å². The molecule has 20 heavy (non-hydrogen) atoms. The molecule has 7 heteroatoms. The summed E-state index contributed by atoms with van der Waals surface area (Å²) in [5, 5.41) is 6.40. The summed E-state index contributed by atoms with van der Waals surface area (Å²) in [7, 11) is 0. The Morgan fingerprint density at radius 1 is 1.40 bits per heavy atom. The molecular formula is C13H16N4O3. The lowest BCUT2D eigenvalue weighted by molar-refractivity contribution is -0.116. The van der Waals surface area contributed by atoms with E-state index in [1.54, 1.807) is 31.2 Å². The predicted octanol–water partition coefficient (Wildman–Crippen LogP) is 1.24. The summed E-state index contributed by atoms with van der Waals surface area (Å²) in [6.45, 7) is 2.28. The molecule has 0 saturated carbocycles. The maximum atomic E-state index is 11.4. The number of carbonyl (C=O) groups is 1. The third-order valence-electron chi connectivity index (χ3n) is 2.44. The molecule has 106 valence electrons. The van der Waals surface area contributed by atoms with Crippen molar-refractivity contribution in [2.75, 3.05) is 11.9 Å². The van der Waals surface area contributed by atoms with E-state index in [0.29, 0.717) is 36.1 Å². The molecular weight excluding hydrogens is 260 g/mol. The Bertz CT molecular complexity index is 565. The summed E-state index contributed by atoms with van der Waals surface area (Å²) in [5.41, 5.74) is 6.00. The molecule has 0 spiro atoms. The number of hydrogen-bond acceptors (Lipinski definition) is 6. The van der Waals surface area contributed by atoms with Crippen LogP contribution in [0.5, 0.6) is 5.75 Å². The normalized spacial score (nSPS) is 10.3. The summed E-state index contributed by atoms with van der Waals surface area (Å²) < 4.78 is 10.4. The summed E-state index contributed by atoms with van der Waals surface area (Å²) in [6, 6.07) is 7.01. The van der Waals surface area contributed by atoms with Crippen LogP contribution in [-0.2, 0) is 11.4 Å². The van der Waals surface area contributed by atoms with Crippen LogP contribution in [0.1, 0.15) is 18.1 Å². The third kappa shape index (κ3) is 4.06. The predicted molar refractivity (Wildman–Crippen MR) is 72.1 cm³/mol. The Hall–Kier alpha value is -2.41. The monoisotopic (exact) mass is 276 g/mol. The van der Waals surface area contributed by atoms with E-state index in [1.807, 2.05) is 0 Å². The van der Waals surface area contributed by atoms with E-state index in [0.717, 1.165) is 0 Å². The fraction of sp³-hybridized carbons (Fsp3) is 0.308. The van der Waals surface area contributed by atoms with Crippen molar-refractivity contribution in [1.29, 1.82) is 0 Å². The zero-order chi connectivity index (χ0) is 14.4. The van der Waals surface area contributed by atoms with Gasteiger partial charge in [-0.2, -0.15) is 4.98 Å². The van der Waals surface area contributed by atoms with Crippen LogP contribution in [0.25, 0.3) is 0 Å². The summed E-state index contributed by atoms with van der Waals surface area (Å²) in [4.78, 5) is 15.4. The quantitative estimate of drug-likeness (QED) is 0.822. The lowest BCUT2D eigenvalue weighted by atomic mass is 10.3. The number of carbonyl (C=O) groups excluding carboxylic acids is 1. The molecule has 1 amide bonds. The number of nitrogens with two attached hydrogens (primary N) is 1. The average molecular weight is 276 g/mol. The first-order valence-corrected chi connectivity index (χ1v) is 6.19. The molecule has 0 aliphatic carbocycles. The SMILES string of the molecule is Cc1noc(COc2ccc(NC(=O)CCN)cc2)n1. The van der Waals surface area contributed by atoms with Gasteiger partial charge < -0.3 is 20.3 Å². The first-order valence-electron chi connectivity index (χ1n) is 6.19. The number of benzene rings is 1. The van der Waals surface area contributed by atoms with Gasteiger partial charge in [-0.05, 0) is 31.2 Å². The van der Waals surface area contributed by atoms with E-state index in [9.17, 15) is 4.79 Å². The molecule has 7 nitrogen and oxygen atoms in total. The van der Waals surface area contributed by atoms with Crippen LogP contribution < -0.4 is 15.8 Å². The van der Waals surface area contributed by atoms with Crippen molar-refractivity contribution >= 4 is 11.6 Å². The van der Waals surface area contributed by atoms with Crippen molar-refractivity contribution in [3.63, 3.8) is 0 Å². The second kappa shape index (κ2) is 6.67. The molecule has 1 heterocycles. The average Bonchev–Trinajstić information content (AvgIpc) is 2.84. The van der Waals surface area contributed by atoms with Gasteiger partial charge in [0.1, 0.15) is 5.75 Å². The molecule has 0 bridgehead atoms. The Morgan fingerprint density at radius 2 is 2.15 bits per heavy atom. The van der Waals surface area contributed by atoms with E-state index in [4.69, 9.17) is 15.0 Å². The first kappa shape index (κ1) is 14.0. The Labute approximate surface area is 116 Å². The van der Waals surface area contributed by atoms with Crippen molar-refractivity contribution in [1.82, 2.24) is 10.1 Å². The maximum absolute atomic E-state index is 11.4. The maximum Gasteiger partial charge on any atom is 0.264 e. The molecule has 1 aromatic heterocycles. The number of anilines is 1. The highest BCUT2D eigenvalue weighted by molar-refractivity contribution is 5.90. The fourth-order valence-electron chi connectivity index (χ4n) is 1.53. The van der Waals surface area contributed by atoms with Crippen LogP contribution in [0.4, 0.5) is 5.69 Å². The Kier molecular flexibility index (Phi) is 4.67. The van der Waals surface area contributed by atoms with Gasteiger partial charge in [0.15, 0.2) is 12.4 Å². The van der Waals surface area contributed by atoms with Crippen LogP contribution in [0.2, 0.25) is 0 Å². The van der Waals surface area contributed by atoms with Gasteiger partial charge >= 0.3 is 0 Å². The van der Waals surface area contributed by atoms with Crippen LogP contribution in [0, 0.1) is 6.92 Å². The fourth-order valence-corrected chi connectivity index (χ4v) is 1.53. The van der Waals surface area contributed by atoms with Crippen molar-refractivity contribution in [2.24, 2.45) is 5.73 Å². The molecule has 0 radical (unpaired) electrons. The van der Waals surface area contributed by atoms with Crippen molar-refractivity contribution in [3.05, 3.63) is 36.0 Å². The van der Waals surface area contributed by atoms with Crippen LogP contribution >= 0.6 is 0 Å².